The predicted octanol–water partition coefficient (Wildman–Crippen LogP) is 4.06. The van der Waals surface area contributed by atoms with E-state index in [0.717, 1.165) is 5.32 Å². The quantitative estimate of drug-likeness (QED) is 0.586. The number of alkyl halides is 6. The minimum absolute atomic E-state index is 0.182. The minimum Gasteiger partial charge on any atom is -0.494 e. The highest BCUT2D eigenvalue weighted by atomic mass is 32.1. The molecule has 0 aliphatic rings. The van der Waals surface area contributed by atoms with E-state index < -0.39 is 29.1 Å². The van der Waals surface area contributed by atoms with Crippen molar-refractivity contribution in [2.45, 2.75) is 31.9 Å². The number of amides is 1. The maximum Gasteiger partial charge on any atom is 0.439 e. The summed E-state index contributed by atoms with van der Waals surface area (Å²) in [6, 6.07) is 4.34. The van der Waals surface area contributed by atoms with Gasteiger partial charge in [-0.1, -0.05) is 11.3 Å². The van der Waals surface area contributed by atoms with Crippen LogP contribution in [0.5, 0.6) is 5.75 Å². The number of anilines is 1. The second-order valence-electron chi connectivity index (χ2n) is 5.13. The van der Waals surface area contributed by atoms with Gasteiger partial charge >= 0.3 is 18.0 Å². The number of ether oxygens (including phenoxy) is 1. The summed E-state index contributed by atoms with van der Waals surface area (Å²) in [6.45, 7) is 2.61. The van der Waals surface area contributed by atoms with Crippen LogP contribution in [0.1, 0.15) is 13.8 Å². The number of aromatic nitrogens is 1. The van der Waals surface area contributed by atoms with E-state index in [1.807, 2.05) is 0 Å². The van der Waals surface area contributed by atoms with E-state index >= 15 is 0 Å². The highest BCUT2D eigenvalue weighted by molar-refractivity contribution is 7.22. The summed E-state index contributed by atoms with van der Waals surface area (Å²) in [6.07, 6.45) is -11.7. The number of carbonyl (C=O) groups excluding carboxylic acids is 1. The average molecular weight is 401 g/mol. The number of hydrogen-bond donors (Lipinski definition) is 2. The van der Waals surface area contributed by atoms with Gasteiger partial charge < -0.3 is 15.4 Å². The number of thiazole rings is 1. The van der Waals surface area contributed by atoms with Crippen molar-refractivity contribution in [2.75, 3.05) is 11.9 Å². The molecule has 0 spiro atoms. The normalized spacial score (nSPS) is 12.9. The van der Waals surface area contributed by atoms with Gasteiger partial charge in [0.15, 0.2) is 5.13 Å². The highest BCUT2D eigenvalue weighted by Gasteiger charge is 2.72. The molecule has 0 fully saturated rings. The monoisotopic (exact) mass is 401 g/mol. The van der Waals surface area contributed by atoms with Crippen LogP contribution in [0.2, 0.25) is 0 Å². The molecule has 12 heteroatoms. The van der Waals surface area contributed by atoms with Gasteiger partial charge in [0, 0.05) is 6.92 Å². The summed E-state index contributed by atoms with van der Waals surface area (Å²) in [7, 11) is 0. The van der Waals surface area contributed by atoms with E-state index in [0.29, 0.717) is 35.3 Å². The van der Waals surface area contributed by atoms with Gasteiger partial charge in [-0.15, -0.1) is 0 Å². The van der Waals surface area contributed by atoms with Crippen molar-refractivity contribution in [1.29, 1.82) is 0 Å². The fourth-order valence-corrected chi connectivity index (χ4v) is 3.06. The van der Waals surface area contributed by atoms with Crippen molar-refractivity contribution in [3.05, 3.63) is 18.2 Å². The van der Waals surface area contributed by atoms with Crippen LogP contribution in [0.3, 0.4) is 0 Å². The summed E-state index contributed by atoms with van der Waals surface area (Å²) in [4.78, 5) is 14.8. The molecule has 5 nitrogen and oxygen atoms in total. The van der Waals surface area contributed by atoms with Gasteiger partial charge in [-0.3, -0.25) is 4.79 Å². The van der Waals surface area contributed by atoms with Gasteiger partial charge in [0.2, 0.25) is 5.91 Å². The van der Waals surface area contributed by atoms with Gasteiger partial charge in [0.1, 0.15) is 5.75 Å². The molecule has 0 atom stereocenters. The zero-order valence-electron chi connectivity index (χ0n) is 13.4. The average Bonchev–Trinajstić information content (AvgIpc) is 2.85. The van der Waals surface area contributed by atoms with Gasteiger partial charge in [0.05, 0.1) is 16.8 Å². The first kappa shape index (κ1) is 20.1. The molecule has 0 saturated heterocycles. The molecule has 0 saturated carbocycles. The Balaban J connectivity index is 2.51. The Kier molecular flexibility index (Phi) is 5.26. The molecule has 0 unspecified atom stereocenters. The lowest BCUT2D eigenvalue weighted by atomic mass is 10.1. The Morgan fingerprint density at radius 1 is 1.19 bits per heavy atom. The summed E-state index contributed by atoms with van der Waals surface area (Å²) in [5.74, 6) is -1.11. The molecule has 0 bridgehead atoms. The number of halogens is 6. The first-order chi connectivity index (χ1) is 11.9. The first-order valence-electron chi connectivity index (χ1n) is 7.13. The number of nitrogens with one attached hydrogen (secondary N) is 2. The van der Waals surface area contributed by atoms with Crippen molar-refractivity contribution >= 4 is 32.6 Å². The molecular weight excluding hydrogens is 388 g/mol. The molecule has 0 aliphatic carbocycles. The predicted molar refractivity (Wildman–Crippen MR) is 83.1 cm³/mol. The van der Waals surface area contributed by atoms with Crippen molar-refractivity contribution in [2.24, 2.45) is 0 Å². The molecule has 1 heterocycles. The summed E-state index contributed by atoms with van der Waals surface area (Å²) < 4.78 is 85.3. The maximum atomic E-state index is 13.3. The molecule has 0 aliphatic heterocycles. The molecule has 1 aromatic carbocycles. The fourth-order valence-electron chi connectivity index (χ4n) is 2.11. The Bertz CT molecular complexity index is 788. The number of fused-ring (bicyclic) bond motifs is 1. The SMILES string of the molecule is CCOc1ccc2nc(NC(NC(C)=O)(C(F)(F)F)C(F)(F)F)sc2c1. The third kappa shape index (κ3) is 3.79. The van der Waals surface area contributed by atoms with Crippen molar-refractivity contribution in [1.82, 2.24) is 10.3 Å². The molecule has 2 rings (SSSR count). The largest absolute Gasteiger partial charge is 0.494 e. The van der Waals surface area contributed by atoms with E-state index in [1.54, 1.807) is 6.92 Å². The Morgan fingerprint density at radius 3 is 2.31 bits per heavy atom. The highest BCUT2D eigenvalue weighted by Crippen LogP contribution is 2.44. The van der Waals surface area contributed by atoms with Crippen LogP contribution in [0.15, 0.2) is 18.2 Å². The van der Waals surface area contributed by atoms with Crippen LogP contribution >= 0.6 is 11.3 Å². The van der Waals surface area contributed by atoms with E-state index in [9.17, 15) is 31.1 Å². The standard InChI is InChI=1S/C14H13F6N3O2S/c1-3-25-8-4-5-9-10(6-8)26-11(21-9)23-12(13(15,16)17,14(18,19)20)22-7(2)24/h4-6H,3H2,1-2H3,(H,21,23)(H,22,24). The number of hydrogen-bond acceptors (Lipinski definition) is 5. The Hall–Kier alpha value is -2.24. The lowest BCUT2D eigenvalue weighted by Gasteiger charge is -2.37. The second-order valence-corrected chi connectivity index (χ2v) is 6.16. The van der Waals surface area contributed by atoms with Gasteiger partial charge in [-0.05, 0) is 25.1 Å². The van der Waals surface area contributed by atoms with E-state index in [2.05, 4.69) is 4.98 Å². The Labute approximate surface area is 147 Å². The number of rotatable bonds is 5. The minimum atomic E-state index is -5.87. The number of carbonyl (C=O) groups is 1. The maximum absolute atomic E-state index is 13.3. The van der Waals surface area contributed by atoms with Crippen LogP contribution in [0, 0.1) is 0 Å². The van der Waals surface area contributed by atoms with Gasteiger partial charge in [0.25, 0.3) is 0 Å². The zero-order chi connectivity index (χ0) is 19.8. The molecule has 144 valence electrons. The van der Waals surface area contributed by atoms with E-state index in [1.165, 1.54) is 23.5 Å². The van der Waals surface area contributed by atoms with Crippen LogP contribution in [0.25, 0.3) is 10.2 Å². The molecular formula is C14H13F6N3O2S. The zero-order valence-corrected chi connectivity index (χ0v) is 14.2. The molecule has 2 aromatic rings. The third-order valence-corrected chi connectivity index (χ3v) is 4.11. The lowest BCUT2D eigenvalue weighted by Crippen LogP contribution is -2.71. The topological polar surface area (TPSA) is 63.2 Å². The number of nitrogens with zero attached hydrogens (tertiary/aromatic N) is 1. The lowest BCUT2D eigenvalue weighted by molar-refractivity contribution is -0.295. The molecule has 1 amide bonds. The summed E-state index contributed by atoms with van der Waals surface area (Å²) in [5.41, 5.74) is -4.48. The molecule has 26 heavy (non-hydrogen) atoms. The fraction of sp³-hybridized carbons (Fsp3) is 0.429. The van der Waals surface area contributed by atoms with Crippen LogP contribution in [-0.4, -0.2) is 35.5 Å². The van der Waals surface area contributed by atoms with Crippen LogP contribution in [-0.2, 0) is 4.79 Å². The van der Waals surface area contributed by atoms with Gasteiger partial charge in [-0.2, -0.15) is 26.3 Å². The van der Waals surface area contributed by atoms with Gasteiger partial charge in [-0.25, -0.2) is 4.98 Å². The van der Waals surface area contributed by atoms with Crippen molar-refractivity contribution < 1.29 is 35.9 Å². The first-order valence-corrected chi connectivity index (χ1v) is 7.95. The van der Waals surface area contributed by atoms with Crippen LogP contribution < -0.4 is 15.4 Å². The number of benzene rings is 1. The smallest absolute Gasteiger partial charge is 0.439 e. The van der Waals surface area contributed by atoms with E-state index in [4.69, 9.17) is 4.74 Å². The van der Waals surface area contributed by atoms with Crippen molar-refractivity contribution in [3.63, 3.8) is 0 Å². The van der Waals surface area contributed by atoms with E-state index in [-0.39, 0.29) is 5.52 Å². The molecule has 2 N–H and O–H groups in total. The Morgan fingerprint density at radius 2 is 1.81 bits per heavy atom. The third-order valence-electron chi connectivity index (χ3n) is 3.18. The second kappa shape index (κ2) is 6.82. The molecule has 0 radical (unpaired) electrons. The summed E-state index contributed by atoms with van der Waals surface area (Å²) >= 11 is 0.570. The van der Waals surface area contributed by atoms with Crippen LogP contribution in [0.4, 0.5) is 31.5 Å². The molecule has 1 aromatic heterocycles. The van der Waals surface area contributed by atoms with Crippen molar-refractivity contribution in [3.8, 4) is 5.75 Å². The summed E-state index contributed by atoms with van der Waals surface area (Å²) in [5, 5.41) is 1.61.